The molecule has 0 saturated carbocycles. The maximum Gasteiger partial charge on any atom is 0.190 e. The van der Waals surface area contributed by atoms with Gasteiger partial charge in [-0.15, -0.1) is 11.3 Å². The molecule has 0 amide bonds. The first-order chi connectivity index (χ1) is 8.81. The topological polar surface area (TPSA) is 50.7 Å². The van der Waals surface area contributed by atoms with Gasteiger partial charge < -0.3 is 5.32 Å². The molecule has 0 aliphatic carbocycles. The largest absolute Gasteiger partial charge is 0.370 e. The van der Waals surface area contributed by atoms with Gasteiger partial charge in [0, 0.05) is 24.2 Å². The second-order valence-electron chi connectivity index (χ2n) is 3.40. The second kappa shape index (κ2) is 6.96. The van der Waals surface area contributed by atoms with E-state index in [0.717, 1.165) is 33.3 Å². The number of hydrogen-bond acceptors (Lipinski definition) is 7. The number of thioether (sulfide) groups is 1. The lowest BCUT2D eigenvalue weighted by atomic mass is 10.4. The average molecular weight is 298 g/mol. The Hall–Kier alpha value is -0.790. The predicted octanol–water partition coefficient (Wildman–Crippen LogP) is 3.63. The molecule has 0 unspecified atom stereocenters. The first-order valence-electron chi connectivity index (χ1n) is 5.56. The molecule has 0 spiro atoms. The van der Waals surface area contributed by atoms with Crippen LogP contribution in [-0.4, -0.2) is 27.8 Å². The van der Waals surface area contributed by atoms with Gasteiger partial charge in [-0.05, 0) is 24.4 Å². The molecule has 0 fully saturated rings. The maximum absolute atomic E-state index is 4.48. The van der Waals surface area contributed by atoms with Crippen LogP contribution < -0.4 is 5.32 Å². The van der Waals surface area contributed by atoms with Gasteiger partial charge in [-0.2, -0.15) is 0 Å². The van der Waals surface area contributed by atoms with Crippen molar-refractivity contribution in [3.05, 3.63) is 17.6 Å². The fourth-order valence-electron chi connectivity index (χ4n) is 1.24. The highest BCUT2D eigenvalue weighted by atomic mass is 32.2. The van der Waals surface area contributed by atoms with E-state index in [-0.39, 0.29) is 0 Å². The molecule has 1 N–H and O–H groups in total. The maximum atomic E-state index is 4.48. The van der Waals surface area contributed by atoms with Crippen molar-refractivity contribution in [1.29, 1.82) is 0 Å². The fraction of sp³-hybridized carbons (Fsp3) is 0.364. The molecule has 2 aromatic rings. The Labute approximate surface area is 119 Å². The Morgan fingerprint density at radius 1 is 1.39 bits per heavy atom. The van der Waals surface area contributed by atoms with E-state index in [1.54, 1.807) is 41.1 Å². The quantitative estimate of drug-likeness (QED) is 0.499. The number of aromatic nitrogens is 3. The van der Waals surface area contributed by atoms with Crippen molar-refractivity contribution < 1.29 is 0 Å². The SMILES string of the molecule is CCCNc1cc(Sc2nccs2)nc(SC)n1. The van der Waals surface area contributed by atoms with Crippen LogP contribution in [0.15, 0.2) is 32.2 Å². The smallest absolute Gasteiger partial charge is 0.190 e. The molecule has 96 valence electrons. The second-order valence-corrected chi connectivity index (χ2v) is 6.34. The van der Waals surface area contributed by atoms with Gasteiger partial charge in [0.1, 0.15) is 10.8 Å². The Morgan fingerprint density at radius 3 is 2.94 bits per heavy atom. The third-order valence-corrected chi connectivity index (χ3v) is 4.37. The van der Waals surface area contributed by atoms with Crippen LogP contribution in [0.3, 0.4) is 0 Å². The number of anilines is 1. The number of hydrogen-bond donors (Lipinski definition) is 1. The van der Waals surface area contributed by atoms with E-state index in [1.165, 1.54) is 0 Å². The monoisotopic (exact) mass is 298 g/mol. The third-order valence-electron chi connectivity index (χ3n) is 2.02. The molecule has 0 radical (unpaired) electrons. The molecule has 0 atom stereocenters. The van der Waals surface area contributed by atoms with Gasteiger partial charge in [-0.1, -0.05) is 18.7 Å². The van der Waals surface area contributed by atoms with Crippen LogP contribution in [0.1, 0.15) is 13.3 Å². The number of nitrogens with zero attached hydrogens (tertiary/aromatic N) is 3. The molecular formula is C11H14N4S3. The van der Waals surface area contributed by atoms with Gasteiger partial charge in [0.05, 0.1) is 0 Å². The summed E-state index contributed by atoms with van der Waals surface area (Å²) in [6, 6.07) is 1.97. The Kier molecular flexibility index (Phi) is 5.27. The fourth-order valence-corrected chi connectivity index (χ4v) is 3.25. The van der Waals surface area contributed by atoms with Crippen LogP contribution in [0, 0.1) is 0 Å². The van der Waals surface area contributed by atoms with Crippen molar-refractivity contribution in [2.45, 2.75) is 27.9 Å². The highest BCUT2D eigenvalue weighted by molar-refractivity contribution is 8.01. The molecule has 0 saturated heterocycles. The summed E-state index contributed by atoms with van der Waals surface area (Å²) < 4.78 is 1.00. The minimum absolute atomic E-state index is 0.787. The molecule has 2 aromatic heterocycles. The van der Waals surface area contributed by atoms with E-state index in [2.05, 4.69) is 27.2 Å². The van der Waals surface area contributed by atoms with E-state index in [9.17, 15) is 0 Å². The molecular weight excluding hydrogens is 284 g/mol. The van der Waals surface area contributed by atoms with E-state index in [4.69, 9.17) is 0 Å². The molecule has 0 aromatic carbocycles. The first kappa shape index (κ1) is 13.6. The molecule has 18 heavy (non-hydrogen) atoms. The summed E-state index contributed by atoms with van der Waals surface area (Å²) in [5, 5.41) is 6.98. The first-order valence-corrected chi connectivity index (χ1v) is 8.48. The molecule has 7 heteroatoms. The van der Waals surface area contributed by atoms with Crippen molar-refractivity contribution in [1.82, 2.24) is 15.0 Å². The Bertz CT molecular complexity index is 487. The summed E-state index contributed by atoms with van der Waals surface area (Å²) in [6.07, 6.45) is 4.87. The van der Waals surface area contributed by atoms with Gasteiger partial charge in [0.25, 0.3) is 0 Å². The van der Waals surface area contributed by atoms with Crippen molar-refractivity contribution in [3.63, 3.8) is 0 Å². The zero-order valence-electron chi connectivity index (χ0n) is 10.2. The van der Waals surface area contributed by atoms with Crippen LogP contribution in [-0.2, 0) is 0 Å². The molecule has 2 heterocycles. The van der Waals surface area contributed by atoms with Gasteiger partial charge in [0.15, 0.2) is 9.50 Å². The van der Waals surface area contributed by atoms with Crippen LogP contribution in [0.4, 0.5) is 5.82 Å². The summed E-state index contributed by atoms with van der Waals surface area (Å²) in [5.74, 6) is 0.884. The zero-order valence-corrected chi connectivity index (χ0v) is 12.7. The summed E-state index contributed by atoms with van der Waals surface area (Å²) in [6.45, 7) is 3.06. The molecule has 0 bridgehead atoms. The third kappa shape index (κ3) is 3.86. The highest BCUT2D eigenvalue weighted by Gasteiger charge is 2.06. The normalized spacial score (nSPS) is 10.6. The lowest BCUT2D eigenvalue weighted by Crippen LogP contribution is -2.03. The summed E-state index contributed by atoms with van der Waals surface area (Å²) >= 11 is 4.74. The minimum atomic E-state index is 0.787. The van der Waals surface area contributed by atoms with Gasteiger partial charge in [0.2, 0.25) is 0 Å². The number of nitrogens with one attached hydrogen (secondary N) is 1. The standard InChI is InChI=1S/C11H14N4S3/c1-3-4-12-8-7-9(15-10(14-8)16-2)18-11-13-5-6-17-11/h5-7H,3-4H2,1-2H3,(H,12,14,15). The lowest BCUT2D eigenvalue weighted by molar-refractivity contribution is 0.878. The molecule has 0 aliphatic rings. The van der Waals surface area contributed by atoms with E-state index < -0.39 is 0 Å². The van der Waals surface area contributed by atoms with E-state index >= 15 is 0 Å². The van der Waals surface area contributed by atoms with Crippen molar-refractivity contribution >= 4 is 40.7 Å². The van der Waals surface area contributed by atoms with Crippen molar-refractivity contribution in [3.8, 4) is 0 Å². The Morgan fingerprint density at radius 2 is 2.28 bits per heavy atom. The molecule has 0 aliphatic heterocycles. The van der Waals surface area contributed by atoms with Gasteiger partial charge in [-0.3, -0.25) is 0 Å². The Balaban J connectivity index is 2.17. The lowest BCUT2D eigenvalue weighted by Gasteiger charge is -2.07. The van der Waals surface area contributed by atoms with Crippen LogP contribution >= 0.6 is 34.9 Å². The van der Waals surface area contributed by atoms with Gasteiger partial charge >= 0.3 is 0 Å². The predicted molar refractivity (Wildman–Crippen MR) is 78.8 cm³/mol. The summed E-state index contributed by atoms with van der Waals surface area (Å²) in [4.78, 5) is 13.2. The van der Waals surface area contributed by atoms with Crippen molar-refractivity contribution in [2.75, 3.05) is 18.1 Å². The van der Waals surface area contributed by atoms with E-state index in [1.807, 2.05) is 17.7 Å². The van der Waals surface area contributed by atoms with Crippen molar-refractivity contribution in [2.24, 2.45) is 0 Å². The highest BCUT2D eigenvalue weighted by Crippen LogP contribution is 2.30. The molecule has 4 nitrogen and oxygen atoms in total. The van der Waals surface area contributed by atoms with Crippen LogP contribution in [0.5, 0.6) is 0 Å². The summed E-state index contributed by atoms with van der Waals surface area (Å²) in [7, 11) is 0. The van der Waals surface area contributed by atoms with E-state index in [0.29, 0.717) is 0 Å². The van der Waals surface area contributed by atoms with Gasteiger partial charge in [-0.25, -0.2) is 15.0 Å². The van der Waals surface area contributed by atoms with Crippen LogP contribution in [0.2, 0.25) is 0 Å². The average Bonchev–Trinajstić information content (AvgIpc) is 2.89. The molecule has 2 rings (SSSR count). The zero-order chi connectivity index (χ0) is 12.8. The minimum Gasteiger partial charge on any atom is -0.370 e. The number of thiazole rings is 1. The van der Waals surface area contributed by atoms with Crippen LogP contribution in [0.25, 0.3) is 0 Å². The summed E-state index contributed by atoms with van der Waals surface area (Å²) in [5.41, 5.74) is 0. The number of rotatable bonds is 6.